The van der Waals surface area contributed by atoms with Gasteiger partial charge in [0.15, 0.2) is 9.84 Å². The lowest BCUT2D eigenvalue weighted by Crippen LogP contribution is -2.52. The van der Waals surface area contributed by atoms with Gasteiger partial charge in [-0.1, -0.05) is 32.8 Å². The zero-order valence-corrected chi connectivity index (χ0v) is 27.3. The van der Waals surface area contributed by atoms with Gasteiger partial charge in [0, 0.05) is 22.5 Å². The molecule has 244 valence electrons. The monoisotopic (exact) mass is 655 g/mol. The van der Waals surface area contributed by atoms with Gasteiger partial charge in [-0.25, -0.2) is 8.42 Å². The number of benzene rings is 2. The van der Waals surface area contributed by atoms with Gasteiger partial charge >= 0.3 is 6.18 Å². The Bertz CT molecular complexity index is 1330. The van der Waals surface area contributed by atoms with Crippen LogP contribution in [0.3, 0.4) is 0 Å². The predicted octanol–water partition coefficient (Wildman–Crippen LogP) is 6.19. The number of rotatable bonds is 15. The Hall–Kier alpha value is -2.57. The highest BCUT2D eigenvalue weighted by Crippen LogP contribution is 2.32. The van der Waals surface area contributed by atoms with Crippen LogP contribution in [0.4, 0.5) is 13.2 Å². The standard InChI is InChI=1S/C32H44F3N3O4S2/c1-4-6-17-38(18-7-5-2)26-11-16-29(24(20-26)22-44(41,42)28-14-12-27(43-3)13-15-28)37-30(39)21-36-31(40)23-9-8-10-25(19-23)32(33,34)35/h8-10,12-15,19,24,26,29H,4-7,11,16-18,20-22H2,1-3H3,(H,36,40)(H,37,39)/t24-,26+,29?/m0/s1. The Labute approximate surface area is 263 Å². The zero-order valence-electron chi connectivity index (χ0n) is 25.7. The number of carbonyl (C=O) groups excluding carboxylic acids is 2. The van der Waals surface area contributed by atoms with Crippen LogP contribution in [0.25, 0.3) is 0 Å². The van der Waals surface area contributed by atoms with E-state index in [1.165, 1.54) is 17.8 Å². The first-order chi connectivity index (χ1) is 20.9. The second-order valence-electron chi connectivity index (χ2n) is 11.4. The van der Waals surface area contributed by atoms with E-state index in [0.29, 0.717) is 12.8 Å². The quantitative estimate of drug-likeness (QED) is 0.223. The van der Waals surface area contributed by atoms with Crippen LogP contribution in [0.15, 0.2) is 58.3 Å². The van der Waals surface area contributed by atoms with Crippen LogP contribution in [0.1, 0.15) is 74.7 Å². The first kappa shape index (κ1) is 35.9. The van der Waals surface area contributed by atoms with Gasteiger partial charge in [0.2, 0.25) is 5.91 Å². The molecule has 3 atom stereocenters. The van der Waals surface area contributed by atoms with Gasteiger partial charge in [0.05, 0.1) is 22.8 Å². The van der Waals surface area contributed by atoms with E-state index in [2.05, 4.69) is 29.4 Å². The number of amides is 2. The summed E-state index contributed by atoms with van der Waals surface area (Å²) in [6, 6.07) is 10.6. The molecule has 1 fully saturated rings. The fraction of sp³-hybridized carbons (Fsp3) is 0.562. The van der Waals surface area contributed by atoms with E-state index in [-0.39, 0.29) is 28.2 Å². The number of carbonyl (C=O) groups is 2. The summed E-state index contributed by atoms with van der Waals surface area (Å²) in [5.74, 6) is -1.80. The maximum absolute atomic E-state index is 13.6. The third-order valence-electron chi connectivity index (χ3n) is 8.13. The summed E-state index contributed by atoms with van der Waals surface area (Å²) in [5.41, 5.74) is -1.16. The van der Waals surface area contributed by atoms with E-state index in [1.807, 2.05) is 6.26 Å². The van der Waals surface area contributed by atoms with Gasteiger partial charge < -0.3 is 15.5 Å². The van der Waals surface area contributed by atoms with Crippen molar-refractivity contribution in [2.24, 2.45) is 5.92 Å². The Kier molecular flexibility index (Phi) is 13.6. The molecule has 1 unspecified atom stereocenters. The Morgan fingerprint density at radius 2 is 1.66 bits per heavy atom. The molecule has 7 nitrogen and oxygen atoms in total. The number of alkyl halides is 3. The maximum atomic E-state index is 13.6. The molecule has 0 radical (unpaired) electrons. The largest absolute Gasteiger partial charge is 0.416 e. The molecule has 2 aromatic carbocycles. The molecule has 0 saturated heterocycles. The fourth-order valence-electron chi connectivity index (χ4n) is 5.66. The summed E-state index contributed by atoms with van der Waals surface area (Å²) in [7, 11) is -3.66. The molecule has 1 saturated carbocycles. The normalized spacial score (nSPS) is 19.1. The molecule has 44 heavy (non-hydrogen) atoms. The van der Waals surface area contributed by atoms with Gasteiger partial charge in [-0.2, -0.15) is 13.2 Å². The average Bonchev–Trinajstić information content (AvgIpc) is 3.00. The molecule has 0 spiro atoms. The second-order valence-corrected chi connectivity index (χ2v) is 14.3. The lowest BCUT2D eigenvalue weighted by Gasteiger charge is -2.41. The molecule has 1 aliphatic rings. The molecule has 0 aliphatic heterocycles. The Morgan fingerprint density at radius 3 is 2.25 bits per heavy atom. The highest BCUT2D eigenvalue weighted by atomic mass is 32.2. The molecule has 12 heteroatoms. The van der Waals surface area contributed by atoms with E-state index in [4.69, 9.17) is 0 Å². The summed E-state index contributed by atoms with van der Waals surface area (Å²) in [4.78, 5) is 29.1. The molecular formula is C32H44F3N3O4S2. The Morgan fingerprint density at radius 1 is 1.00 bits per heavy atom. The van der Waals surface area contributed by atoms with E-state index >= 15 is 0 Å². The minimum atomic E-state index is -4.60. The third-order valence-corrected chi connectivity index (χ3v) is 10.7. The lowest BCUT2D eigenvalue weighted by atomic mass is 9.81. The molecule has 0 bridgehead atoms. The molecule has 1 aliphatic carbocycles. The Balaban J connectivity index is 1.74. The highest BCUT2D eigenvalue weighted by Gasteiger charge is 2.37. The smallest absolute Gasteiger partial charge is 0.352 e. The van der Waals surface area contributed by atoms with Crippen LogP contribution < -0.4 is 10.6 Å². The molecular weight excluding hydrogens is 611 g/mol. The van der Waals surface area contributed by atoms with Crippen LogP contribution in [-0.2, 0) is 20.8 Å². The van der Waals surface area contributed by atoms with Gasteiger partial charge in [-0.3, -0.25) is 9.59 Å². The number of nitrogens with zero attached hydrogens (tertiary/aromatic N) is 1. The van der Waals surface area contributed by atoms with Crippen molar-refractivity contribution < 1.29 is 31.2 Å². The van der Waals surface area contributed by atoms with Crippen LogP contribution in [0, 0.1) is 5.92 Å². The maximum Gasteiger partial charge on any atom is 0.416 e. The minimum absolute atomic E-state index is 0.126. The molecule has 0 aromatic heterocycles. The van der Waals surface area contributed by atoms with E-state index in [1.54, 1.807) is 24.3 Å². The van der Waals surface area contributed by atoms with Crippen molar-refractivity contribution in [1.29, 1.82) is 0 Å². The van der Waals surface area contributed by atoms with Gasteiger partial charge in [0.25, 0.3) is 5.91 Å². The van der Waals surface area contributed by atoms with Crippen molar-refractivity contribution in [1.82, 2.24) is 15.5 Å². The first-order valence-corrected chi connectivity index (χ1v) is 18.1. The molecule has 2 aromatic rings. The summed E-state index contributed by atoms with van der Waals surface area (Å²) in [6.45, 7) is 5.73. The zero-order chi connectivity index (χ0) is 32.3. The van der Waals surface area contributed by atoms with Gasteiger partial charge in [0.1, 0.15) is 0 Å². The van der Waals surface area contributed by atoms with Crippen molar-refractivity contribution in [3.8, 4) is 0 Å². The highest BCUT2D eigenvalue weighted by molar-refractivity contribution is 7.98. The van der Waals surface area contributed by atoms with Crippen LogP contribution in [0.2, 0.25) is 0 Å². The van der Waals surface area contributed by atoms with E-state index in [9.17, 15) is 31.2 Å². The van der Waals surface area contributed by atoms with Crippen molar-refractivity contribution in [3.63, 3.8) is 0 Å². The summed E-state index contributed by atoms with van der Waals surface area (Å²) in [5, 5.41) is 5.32. The van der Waals surface area contributed by atoms with Crippen molar-refractivity contribution in [2.75, 3.05) is 31.6 Å². The topological polar surface area (TPSA) is 95.6 Å². The predicted molar refractivity (Wildman–Crippen MR) is 169 cm³/mol. The molecule has 0 heterocycles. The van der Waals surface area contributed by atoms with Gasteiger partial charge in [-0.15, -0.1) is 11.8 Å². The summed E-state index contributed by atoms with van der Waals surface area (Å²) < 4.78 is 66.3. The number of halogens is 3. The van der Waals surface area contributed by atoms with Crippen molar-refractivity contribution in [3.05, 3.63) is 59.7 Å². The van der Waals surface area contributed by atoms with Gasteiger partial charge in [-0.05, 0) is 99.8 Å². The number of thioether (sulfide) groups is 1. The molecule has 2 amide bonds. The molecule has 2 N–H and O–H groups in total. The third kappa shape index (κ3) is 10.5. The first-order valence-electron chi connectivity index (χ1n) is 15.2. The lowest BCUT2D eigenvalue weighted by molar-refractivity contribution is -0.137. The van der Waals surface area contributed by atoms with E-state index in [0.717, 1.165) is 68.3 Å². The van der Waals surface area contributed by atoms with Crippen LogP contribution in [-0.4, -0.2) is 68.9 Å². The number of unbranched alkanes of at least 4 members (excludes halogenated alkanes) is 2. The van der Waals surface area contributed by atoms with Crippen molar-refractivity contribution >= 4 is 33.4 Å². The van der Waals surface area contributed by atoms with Crippen LogP contribution >= 0.6 is 11.8 Å². The average molecular weight is 656 g/mol. The number of hydrogen-bond donors (Lipinski definition) is 2. The minimum Gasteiger partial charge on any atom is -0.352 e. The number of sulfone groups is 1. The van der Waals surface area contributed by atoms with Crippen LogP contribution in [0.5, 0.6) is 0 Å². The summed E-state index contributed by atoms with van der Waals surface area (Å²) in [6.07, 6.45) is 3.54. The van der Waals surface area contributed by atoms with Crippen molar-refractivity contribution in [2.45, 2.75) is 86.8 Å². The SMILES string of the molecule is CCCCN(CCCC)[C@@H]1CCC(NC(=O)CNC(=O)c2cccc(C(F)(F)F)c2)[C@H](CS(=O)(=O)c2ccc(SC)cc2)C1. The fourth-order valence-corrected chi connectivity index (χ4v) is 7.75. The number of hydrogen-bond acceptors (Lipinski definition) is 6. The summed E-state index contributed by atoms with van der Waals surface area (Å²) >= 11 is 1.53. The van der Waals surface area contributed by atoms with E-state index < -0.39 is 46.0 Å². The second kappa shape index (κ2) is 16.7. The number of nitrogens with one attached hydrogen (secondary N) is 2. The molecule has 3 rings (SSSR count).